The Labute approximate surface area is 124 Å². The first-order valence-corrected chi connectivity index (χ1v) is 7.61. The van der Waals surface area contributed by atoms with Gasteiger partial charge in [0.25, 0.3) is 0 Å². The number of nitrogens with one attached hydrogen (secondary N) is 2. The van der Waals surface area contributed by atoms with Gasteiger partial charge < -0.3 is 10.6 Å². The van der Waals surface area contributed by atoms with Crippen LogP contribution in [0.4, 0.5) is 17.3 Å². The van der Waals surface area contributed by atoms with Crippen molar-refractivity contribution in [3.63, 3.8) is 0 Å². The minimum Gasteiger partial charge on any atom is -0.364 e. The standard InChI is InChI=1S/C14H23N5O2/c1-3-8-15-13-12(19(20)21)14(17-9-16-13)18-11-6-4-10(2)5-7-11/h9-11H,3-8H2,1-2H3,(H2,15,16,17,18). The van der Waals surface area contributed by atoms with Gasteiger partial charge in [0, 0.05) is 12.6 Å². The molecule has 2 N–H and O–H groups in total. The lowest BCUT2D eigenvalue weighted by Gasteiger charge is -2.27. The van der Waals surface area contributed by atoms with Gasteiger partial charge in [-0.3, -0.25) is 10.1 Å². The number of hydrogen-bond acceptors (Lipinski definition) is 6. The second-order valence-electron chi connectivity index (χ2n) is 5.70. The molecule has 0 atom stereocenters. The van der Waals surface area contributed by atoms with Crippen LogP contribution in [-0.4, -0.2) is 27.5 Å². The summed E-state index contributed by atoms with van der Waals surface area (Å²) < 4.78 is 0. The normalized spacial score (nSPS) is 21.8. The molecule has 0 saturated heterocycles. The second kappa shape index (κ2) is 7.19. The molecular formula is C14H23N5O2. The maximum absolute atomic E-state index is 11.3. The molecule has 1 aromatic rings. The van der Waals surface area contributed by atoms with E-state index in [0.717, 1.165) is 38.0 Å². The average Bonchev–Trinajstić information content (AvgIpc) is 2.47. The summed E-state index contributed by atoms with van der Waals surface area (Å²) in [5, 5.41) is 17.6. The minimum absolute atomic E-state index is 0.0513. The van der Waals surface area contributed by atoms with E-state index in [4.69, 9.17) is 0 Å². The van der Waals surface area contributed by atoms with Crippen LogP contribution in [0.15, 0.2) is 6.33 Å². The summed E-state index contributed by atoms with van der Waals surface area (Å²) in [6.45, 7) is 4.90. The zero-order chi connectivity index (χ0) is 15.2. The van der Waals surface area contributed by atoms with Crippen LogP contribution in [0.2, 0.25) is 0 Å². The number of hydrogen-bond donors (Lipinski definition) is 2. The van der Waals surface area contributed by atoms with Crippen LogP contribution in [0.5, 0.6) is 0 Å². The SMILES string of the molecule is CCCNc1ncnc(NC2CCC(C)CC2)c1[N+](=O)[O-]. The van der Waals surface area contributed by atoms with Crippen molar-refractivity contribution in [2.24, 2.45) is 5.92 Å². The Bertz CT molecular complexity index is 486. The molecule has 0 radical (unpaired) electrons. The molecule has 1 aromatic heterocycles. The molecule has 0 spiro atoms. The first-order valence-electron chi connectivity index (χ1n) is 7.61. The molecule has 2 rings (SSSR count). The molecule has 0 aliphatic heterocycles. The molecule has 1 aliphatic rings. The Morgan fingerprint density at radius 3 is 2.57 bits per heavy atom. The van der Waals surface area contributed by atoms with Gasteiger partial charge in [0.15, 0.2) is 0 Å². The van der Waals surface area contributed by atoms with Gasteiger partial charge in [-0.15, -0.1) is 0 Å². The molecule has 7 heteroatoms. The largest absolute Gasteiger partial charge is 0.364 e. The highest BCUT2D eigenvalue weighted by Crippen LogP contribution is 2.32. The first-order chi connectivity index (χ1) is 10.1. The highest BCUT2D eigenvalue weighted by molar-refractivity contribution is 5.69. The molecule has 1 fully saturated rings. The second-order valence-corrected chi connectivity index (χ2v) is 5.70. The van der Waals surface area contributed by atoms with E-state index in [0.29, 0.717) is 18.2 Å². The Kier molecular flexibility index (Phi) is 5.30. The summed E-state index contributed by atoms with van der Waals surface area (Å²) in [5.74, 6) is 1.36. The lowest BCUT2D eigenvalue weighted by Crippen LogP contribution is -2.26. The van der Waals surface area contributed by atoms with Gasteiger partial charge in [-0.25, -0.2) is 9.97 Å². The van der Waals surface area contributed by atoms with Gasteiger partial charge in [0.1, 0.15) is 6.33 Å². The maximum Gasteiger partial charge on any atom is 0.353 e. The molecule has 116 valence electrons. The summed E-state index contributed by atoms with van der Waals surface area (Å²) >= 11 is 0. The number of nitro groups is 1. The summed E-state index contributed by atoms with van der Waals surface area (Å²) in [4.78, 5) is 19.0. The predicted molar refractivity (Wildman–Crippen MR) is 82.5 cm³/mol. The molecule has 7 nitrogen and oxygen atoms in total. The van der Waals surface area contributed by atoms with Crippen LogP contribution in [-0.2, 0) is 0 Å². The van der Waals surface area contributed by atoms with Gasteiger partial charge >= 0.3 is 5.69 Å². The van der Waals surface area contributed by atoms with Crippen LogP contribution in [0.1, 0.15) is 46.0 Å². The Hall–Kier alpha value is -1.92. The van der Waals surface area contributed by atoms with Crippen molar-refractivity contribution in [1.82, 2.24) is 9.97 Å². The third-order valence-electron chi connectivity index (χ3n) is 3.90. The number of aromatic nitrogens is 2. The highest BCUT2D eigenvalue weighted by Gasteiger charge is 2.26. The maximum atomic E-state index is 11.3. The summed E-state index contributed by atoms with van der Waals surface area (Å²) in [6, 6.07) is 0.258. The van der Waals surface area contributed by atoms with Crippen LogP contribution in [0, 0.1) is 16.0 Å². The van der Waals surface area contributed by atoms with Gasteiger partial charge in [-0.05, 0) is 38.0 Å². The van der Waals surface area contributed by atoms with E-state index in [1.165, 1.54) is 6.33 Å². The zero-order valence-corrected chi connectivity index (χ0v) is 12.6. The average molecular weight is 293 g/mol. The number of nitrogens with zero attached hydrogens (tertiary/aromatic N) is 3. The summed E-state index contributed by atoms with van der Waals surface area (Å²) in [6.07, 6.45) is 6.61. The van der Waals surface area contributed by atoms with Gasteiger partial charge in [-0.1, -0.05) is 13.8 Å². The number of anilines is 2. The van der Waals surface area contributed by atoms with E-state index in [9.17, 15) is 10.1 Å². The van der Waals surface area contributed by atoms with Crippen molar-refractivity contribution in [2.75, 3.05) is 17.2 Å². The molecule has 1 heterocycles. The van der Waals surface area contributed by atoms with E-state index in [1.807, 2.05) is 6.92 Å². The van der Waals surface area contributed by atoms with Gasteiger partial charge in [0.05, 0.1) is 4.92 Å². The summed E-state index contributed by atoms with van der Waals surface area (Å²) in [5.41, 5.74) is -0.0513. The lowest BCUT2D eigenvalue weighted by atomic mass is 9.87. The molecule has 0 aromatic carbocycles. The smallest absolute Gasteiger partial charge is 0.353 e. The predicted octanol–water partition coefficient (Wildman–Crippen LogP) is 3.20. The third kappa shape index (κ3) is 4.03. The topological polar surface area (TPSA) is 93.0 Å². The Balaban J connectivity index is 2.16. The molecule has 1 aliphatic carbocycles. The van der Waals surface area contributed by atoms with Crippen molar-refractivity contribution in [3.8, 4) is 0 Å². The monoisotopic (exact) mass is 293 g/mol. The molecule has 0 amide bonds. The lowest BCUT2D eigenvalue weighted by molar-refractivity contribution is -0.383. The quantitative estimate of drug-likeness (QED) is 0.618. The molecule has 21 heavy (non-hydrogen) atoms. The number of rotatable bonds is 6. The third-order valence-corrected chi connectivity index (χ3v) is 3.90. The Morgan fingerprint density at radius 2 is 1.95 bits per heavy atom. The van der Waals surface area contributed by atoms with Crippen molar-refractivity contribution < 1.29 is 4.92 Å². The van der Waals surface area contributed by atoms with Crippen molar-refractivity contribution in [1.29, 1.82) is 0 Å². The van der Waals surface area contributed by atoms with E-state index in [2.05, 4.69) is 27.5 Å². The van der Waals surface area contributed by atoms with Crippen LogP contribution >= 0.6 is 0 Å². The van der Waals surface area contributed by atoms with Crippen LogP contribution in [0.3, 0.4) is 0 Å². The van der Waals surface area contributed by atoms with Gasteiger partial charge in [-0.2, -0.15) is 0 Å². The van der Waals surface area contributed by atoms with Crippen LogP contribution < -0.4 is 10.6 Å². The molecule has 0 unspecified atom stereocenters. The van der Waals surface area contributed by atoms with Crippen LogP contribution in [0.25, 0.3) is 0 Å². The molecule has 0 bridgehead atoms. The van der Waals surface area contributed by atoms with E-state index in [-0.39, 0.29) is 11.7 Å². The minimum atomic E-state index is -0.411. The summed E-state index contributed by atoms with van der Waals surface area (Å²) in [7, 11) is 0. The highest BCUT2D eigenvalue weighted by atomic mass is 16.6. The van der Waals surface area contributed by atoms with Crippen molar-refractivity contribution >= 4 is 17.3 Å². The fourth-order valence-corrected chi connectivity index (χ4v) is 2.63. The Morgan fingerprint density at radius 1 is 1.29 bits per heavy atom. The van der Waals surface area contributed by atoms with E-state index < -0.39 is 4.92 Å². The molecule has 1 saturated carbocycles. The van der Waals surface area contributed by atoms with Gasteiger partial charge in [0.2, 0.25) is 11.6 Å². The van der Waals surface area contributed by atoms with E-state index in [1.54, 1.807) is 0 Å². The zero-order valence-electron chi connectivity index (χ0n) is 12.6. The fourth-order valence-electron chi connectivity index (χ4n) is 2.63. The van der Waals surface area contributed by atoms with Crippen molar-refractivity contribution in [3.05, 3.63) is 16.4 Å². The first kappa shape index (κ1) is 15.5. The van der Waals surface area contributed by atoms with Crippen molar-refractivity contribution in [2.45, 2.75) is 52.0 Å². The molecular weight excluding hydrogens is 270 g/mol. The fraction of sp³-hybridized carbons (Fsp3) is 0.714. The van der Waals surface area contributed by atoms with E-state index >= 15 is 0 Å².